The molecule has 0 aromatic heterocycles. The number of halogens is 3. The van der Waals surface area contributed by atoms with Crippen molar-refractivity contribution in [2.75, 3.05) is 13.1 Å². The van der Waals surface area contributed by atoms with Crippen molar-refractivity contribution in [3.8, 4) is 0 Å². The van der Waals surface area contributed by atoms with Crippen LogP contribution in [-0.4, -0.2) is 13.1 Å². The van der Waals surface area contributed by atoms with Crippen molar-refractivity contribution in [3.05, 3.63) is 35.1 Å². The molecule has 1 aliphatic rings. The van der Waals surface area contributed by atoms with Gasteiger partial charge in [0.2, 0.25) is 0 Å². The lowest BCUT2D eigenvalue weighted by Gasteiger charge is -2.23. The zero-order valence-corrected chi connectivity index (χ0v) is 8.19. The minimum Gasteiger partial charge on any atom is -0.316 e. The molecule has 0 unspecified atom stereocenters. The Hall–Kier alpha value is -1.03. The number of piperidine rings is 1. The van der Waals surface area contributed by atoms with Crippen LogP contribution >= 0.6 is 0 Å². The van der Waals surface area contributed by atoms with Gasteiger partial charge in [0, 0.05) is 30.2 Å². The van der Waals surface area contributed by atoms with E-state index in [4.69, 9.17) is 0 Å². The highest BCUT2D eigenvalue weighted by Gasteiger charge is 2.22. The summed E-state index contributed by atoms with van der Waals surface area (Å²) in [6.07, 6.45) is 1.63. The van der Waals surface area contributed by atoms with Crippen LogP contribution in [0, 0.1) is 17.5 Å². The van der Waals surface area contributed by atoms with Gasteiger partial charge in [0.15, 0.2) is 0 Å². The Morgan fingerprint density at radius 3 is 2.33 bits per heavy atom. The quantitative estimate of drug-likeness (QED) is 0.759. The molecule has 0 amide bonds. The third-order valence-corrected chi connectivity index (χ3v) is 2.75. The summed E-state index contributed by atoms with van der Waals surface area (Å²) in [5, 5.41) is 3.08. The van der Waals surface area contributed by atoms with Gasteiger partial charge in [-0.15, -0.1) is 0 Å². The van der Waals surface area contributed by atoms with Gasteiger partial charge in [0.25, 0.3) is 0 Å². The lowest BCUT2D eigenvalue weighted by Crippen LogP contribution is -2.29. The van der Waals surface area contributed by atoms with Gasteiger partial charge in [-0.2, -0.15) is 0 Å². The molecule has 4 heteroatoms. The molecule has 0 radical (unpaired) electrons. The largest absolute Gasteiger partial charge is 0.316 e. The van der Waals surface area contributed by atoms with Gasteiger partial charge in [0.05, 0.1) is 0 Å². The van der Waals surface area contributed by atoms with Crippen molar-refractivity contribution < 1.29 is 13.2 Å². The maximum Gasteiger partial charge on any atom is 0.132 e. The van der Waals surface area contributed by atoms with E-state index in [0.29, 0.717) is 6.54 Å². The Morgan fingerprint density at radius 2 is 1.80 bits per heavy atom. The zero-order valence-electron chi connectivity index (χ0n) is 8.19. The average Bonchev–Trinajstić information content (AvgIpc) is 2.17. The monoisotopic (exact) mass is 215 g/mol. The van der Waals surface area contributed by atoms with Crippen molar-refractivity contribution in [2.45, 2.75) is 18.8 Å². The molecular weight excluding hydrogens is 203 g/mol. The zero-order chi connectivity index (χ0) is 10.8. The molecule has 1 aliphatic heterocycles. The molecule has 0 saturated carbocycles. The first-order valence-corrected chi connectivity index (χ1v) is 5.03. The van der Waals surface area contributed by atoms with Gasteiger partial charge in [-0.25, -0.2) is 13.2 Å². The molecule has 1 atom stereocenters. The van der Waals surface area contributed by atoms with Crippen LogP contribution in [0.2, 0.25) is 0 Å². The molecule has 1 aromatic rings. The predicted molar refractivity (Wildman–Crippen MR) is 51.2 cm³/mol. The second-order valence-electron chi connectivity index (χ2n) is 3.83. The van der Waals surface area contributed by atoms with E-state index in [9.17, 15) is 13.2 Å². The summed E-state index contributed by atoms with van der Waals surface area (Å²) in [5.41, 5.74) is 0.0172. The van der Waals surface area contributed by atoms with Gasteiger partial charge in [-0.05, 0) is 19.4 Å². The fourth-order valence-corrected chi connectivity index (χ4v) is 2.04. The van der Waals surface area contributed by atoms with Crippen molar-refractivity contribution in [2.24, 2.45) is 0 Å². The van der Waals surface area contributed by atoms with Crippen LogP contribution in [0.25, 0.3) is 0 Å². The van der Waals surface area contributed by atoms with E-state index in [1.165, 1.54) is 0 Å². The maximum atomic E-state index is 13.4. The van der Waals surface area contributed by atoms with Crippen LogP contribution in [0.1, 0.15) is 24.3 Å². The van der Waals surface area contributed by atoms with E-state index in [1.54, 1.807) is 0 Å². The third-order valence-electron chi connectivity index (χ3n) is 2.75. The smallest absolute Gasteiger partial charge is 0.132 e. The van der Waals surface area contributed by atoms with Crippen molar-refractivity contribution >= 4 is 0 Å². The first-order chi connectivity index (χ1) is 7.18. The van der Waals surface area contributed by atoms with Crippen LogP contribution in [-0.2, 0) is 0 Å². The van der Waals surface area contributed by atoms with Gasteiger partial charge < -0.3 is 5.32 Å². The molecule has 15 heavy (non-hydrogen) atoms. The fraction of sp³-hybridized carbons (Fsp3) is 0.455. The Morgan fingerprint density at radius 1 is 1.13 bits per heavy atom. The molecule has 0 spiro atoms. The second kappa shape index (κ2) is 4.23. The van der Waals surface area contributed by atoms with Crippen LogP contribution in [0.4, 0.5) is 13.2 Å². The normalized spacial score (nSPS) is 21.7. The van der Waals surface area contributed by atoms with Gasteiger partial charge in [-0.3, -0.25) is 0 Å². The second-order valence-corrected chi connectivity index (χ2v) is 3.83. The van der Waals surface area contributed by atoms with Gasteiger partial charge in [-0.1, -0.05) is 0 Å². The fourth-order valence-electron chi connectivity index (χ4n) is 2.04. The molecule has 1 saturated heterocycles. The van der Waals surface area contributed by atoms with Crippen molar-refractivity contribution in [1.29, 1.82) is 0 Å². The van der Waals surface area contributed by atoms with Crippen LogP contribution in [0.5, 0.6) is 0 Å². The minimum atomic E-state index is -0.863. The van der Waals surface area contributed by atoms with E-state index in [1.807, 2.05) is 0 Å². The van der Waals surface area contributed by atoms with Crippen molar-refractivity contribution in [1.82, 2.24) is 5.32 Å². The minimum absolute atomic E-state index is 0.0172. The maximum absolute atomic E-state index is 13.4. The number of rotatable bonds is 1. The number of nitrogens with one attached hydrogen (secondary N) is 1. The Bertz CT molecular complexity index is 336. The van der Waals surface area contributed by atoms with E-state index in [0.717, 1.165) is 31.5 Å². The van der Waals surface area contributed by atoms with E-state index < -0.39 is 17.5 Å². The number of hydrogen-bond donors (Lipinski definition) is 1. The SMILES string of the molecule is Fc1cc(F)c([C@@H]2CCCNC2)c(F)c1. The van der Waals surface area contributed by atoms with E-state index >= 15 is 0 Å². The number of benzene rings is 1. The van der Waals surface area contributed by atoms with Crippen LogP contribution in [0.15, 0.2) is 12.1 Å². The van der Waals surface area contributed by atoms with E-state index in [-0.39, 0.29) is 11.5 Å². The Kier molecular flexibility index (Phi) is 2.95. The van der Waals surface area contributed by atoms with Gasteiger partial charge in [0.1, 0.15) is 17.5 Å². The molecule has 1 N–H and O–H groups in total. The molecular formula is C11H12F3N. The topological polar surface area (TPSA) is 12.0 Å². The lowest BCUT2D eigenvalue weighted by atomic mass is 9.91. The molecule has 1 nitrogen and oxygen atoms in total. The van der Waals surface area contributed by atoms with Crippen molar-refractivity contribution in [3.63, 3.8) is 0 Å². The first-order valence-electron chi connectivity index (χ1n) is 5.03. The summed E-state index contributed by atoms with van der Waals surface area (Å²) in [7, 11) is 0. The molecule has 1 fully saturated rings. The van der Waals surface area contributed by atoms with E-state index in [2.05, 4.69) is 5.32 Å². The average molecular weight is 215 g/mol. The molecule has 0 aliphatic carbocycles. The Balaban J connectivity index is 2.33. The van der Waals surface area contributed by atoms with Crippen LogP contribution < -0.4 is 5.32 Å². The Labute approximate surface area is 86.3 Å². The summed E-state index contributed by atoms with van der Waals surface area (Å²) >= 11 is 0. The summed E-state index contributed by atoms with van der Waals surface area (Å²) < 4.78 is 39.5. The standard InChI is InChI=1S/C11H12F3N/c12-8-4-9(13)11(10(14)5-8)7-2-1-3-15-6-7/h4-5,7,15H,1-3,6H2/t7-/m1/s1. The van der Waals surface area contributed by atoms with Crippen LogP contribution in [0.3, 0.4) is 0 Å². The summed E-state index contributed by atoms with van der Waals surface area (Å²) in [6, 6.07) is 1.49. The lowest BCUT2D eigenvalue weighted by molar-refractivity contribution is 0.423. The van der Waals surface area contributed by atoms with Gasteiger partial charge >= 0.3 is 0 Å². The first kappa shape index (κ1) is 10.5. The highest BCUT2D eigenvalue weighted by atomic mass is 19.1. The molecule has 2 rings (SSSR count). The predicted octanol–water partition coefficient (Wildman–Crippen LogP) is 2.57. The highest BCUT2D eigenvalue weighted by Crippen LogP contribution is 2.28. The highest BCUT2D eigenvalue weighted by molar-refractivity contribution is 5.25. The summed E-state index contributed by atoms with van der Waals surface area (Å²) in [5.74, 6) is -2.60. The molecule has 1 heterocycles. The molecule has 0 bridgehead atoms. The summed E-state index contributed by atoms with van der Waals surface area (Å²) in [6.45, 7) is 1.43. The third kappa shape index (κ3) is 2.15. The summed E-state index contributed by atoms with van der Waals surface area (Å²) in [4.78, 5) is 0. The number of hydrogen-bond acceptors (Lipinski definition) is 1. The molecule has 82 valence electrons. The molecule has 1 aromatic carbocycles.